The monoisotopic (exact) mass is 335 g/mol. The standard InChI is InChI=1S/C17H29N5O2/c1-12-15(13(2)20-19-12)8-5-9-18-16(23)14-7-6-10-22(11-14)17(24)21(3)4/h14H,5-11H2,1-4H3,(H,18,23)(H,19,20)/t14-/m0/s1. The van der Waals surface area contributed by atoms with Gasteiger partial charge in [0.05, 0.1) is 11.6 Å². The Morgan fingerprint density at radius 1 is 1.38 bits per heavy atom. The Hall–Kier alpha value is -2.05. The minimum absolute atomic E-state index is 0.0154. The van der Waals surface area contributed by atoms with Crippen LogP contribution >= 0.6 is 0 Å². The smallest absolute Gasteiger partial charge is 0.319 e. The Bertz CT molecular complexity index is 562. The number of nitrogens with zero attached hydrogens (tertiary/aromatic N) is 3. The van der Waals surface area contributed by atoms with Crippen LogP contribution < -0.4 is 5.32 Å². The fourth-order valence-electron chi connectivity index (χ4n) is 3.21. The fraction of sp³-hybridized carbons (Fsp3) is 0.706. The third-order valence-electron chi connectivity index (χ3n) is 4.63. The number of urea groups is 1. The Labute approximate surface area is 143 Å². The number of likely N-dealkylation sites (tertiary alicyclic amines) is 1. The summed E-state index contributed by atoms with van der Waals surface area (Å²) in [5.41, 5.74) is 3.37. The number of H-pyrrole nitrogens is 1. The van der Waals surface area contributed by atoms with E-state index in [0.29, 0.717) is 13.1 Å². The van der Waals surface area contributed by atoms with E-state index in [9.17, 15) is 9.59 Å². The predicted octanol–water partition coefficient (Wildman–Crippen LogP) is 1.47. The number of rotatable bonds is 5. The molecule has 1 aliphatic rings. The number of hydrogen-bond acceptors (Lipinski definition) is 3. The SMILES string of the molecule is Cc1n[nH]c(C)c1CCCNC(=O)[C@H]1CCCN(C(=O)N(C)C)C1. The number of aromatic amines is 1. The van der Waals surface area contributed by atoms with Gasteiger partial charge < -0.3 is 15.1 Å². The number of hydrogen-bond donors (Lipinski definition) is 2. The first kappa shape index (κ1) is 18.3. The average Bonchev–Trinajstić information content (AvgIpc) is 2.89. The molecule has 0 unspecified atom stereocenters. The van der Waals surface area contributed by atoms with Crippen LogP contribution in [0.2, 0.25) is 0 Å². The maximum Gasteiger partial charge on any atom is 0.319 e. The highest BCUT2D eigenvalue weighted by atomic mass is 16.2. The van der Waals surface area contributed by atoms with E-state index in [4.69, 9.17) is 0 Å². The second-order valence-corrected chi connectivity index (χ2v) is 6.77. The molecular weight excluding hydrogens is 306 g/mol. The molecule has 3 amide bonds. The van der Waals surface area contributed by atoms with Crippen molar-refractivity contribution in [3.63, 3.8) is 0 Å². The van der Waals surface area contributed by atoms with Gasteiger partial charge in [-0.3, -0.25) is 9.89 Å². The van der Waals surface area contributed by atoms with Crippen LogP contribution in [0.5, 0.6) is 0 Å². The van der Waals surface area contributed by atoms with Crippen LogP contribution in [0.15, 0.2) is 0 Å². The van der Waals surface area contributed by atoms with E-state index in [1.165, 1.54) is 5.56 Å². The molecule has 7 nitrogen and oxygen atoms in total. The van der Waals surface area contributed by atoms with Crippen molar-refractivity contribution >= 4 is 11.9 Å². The van der Waals surface area contributed by atoms with Gasteiger partial charge in [-0.2, -0.15) is 5.10 Å². The van der Waals surface area contributed by atoms with Crippen molar-refractivity contribution in [1.82, 2.24) is 25.3 Å². The van der Waals surface area contributed by atoms with E-state index in [-0.39, 0.29) is 17.9 Å². The van der Waals surface area contributed by atoms with Crippen molar-refractivity contribution in [2.45, 2.75) is 39.5 Å². The molecule has 1 aliphatic heterocycles. The normalized spacial score (nSPS) is 17.7. The van der Waals surface area contributed by atoms with Gasteiger partial charge >= 0.3 is 6.03 Å². The third kappa shape index (κ3) is 4.49. The molecule has 0 saturated carbocycles. The van der Waals surface area contributed by atoms with Gasteiger partial charge in [0.15, 0.2) is 0 Å². The van der Waals surface area contributed by atoms with Crippen molar-refractivity contribution < 1.29 is 9.59 Å². The lowest BCUT2D eigenvalue weighted by molar-refractivity contribution is -0.126. The molecule has 1 atom stereocenters. The molecule has 7 heteroatoms. The number of nitrogens with one attached hydrogen (secondary N) is 2. The van der Waals surface area contributed by atoms with Gasteiger partial charge in [-0.25, -0.2) is 4.79 Å². The number of aryl methyl sites for hydroxylation is 2. The first-order valence-corrected chi connectivity index (χ1v) is 8.64. The highest BCUT2D eigenvalue weighted by Crippen LogP contribution is 2.17. The summed E-state index contributed by atoms with van der Waals surface area (Å²) >= 11 is 0. The number of piperidine rings is 1. The number of carbonyl (C=O) groups is 2. The zero-order chi connectivity index (χ0) is 17.7. The van der Waals surface area contributed by atoms with Crippen LogP contribution in [-0.4, -0.2) is 65.7 Å². The third-order valence-corrected chi connectivity index (χ3v) is 4.63. The average molecular weight is 335 g/mol. The van der Waals surface area contributed by atoms with E-state index < -0.39 is 0 Å². The van der Waals surface area contributed by atoms with Crippen molar-refractivity contribution in [2.75, 3.05) is 33.7 Å². The van der Waals surface area contributed by atoms with Gasteiger partial charge in [0.25, 0.3) is 0 Å². The molecule has 0 aliphatic carbocycles. The van der Waals surface area contributed by atoms with Crippen LogP contribution in [0, 0.1) is 19.8 Å². The van der Waals surface area contributed by atoms with Gasteiger partial charge in [-0.1, -0.05) is 0 Å². The van der Waals surface area contributed by atoms with E-state index >= 15 is 0 Å². The molecule has 1 aromatic rings. The van der Waals surface area contributed by atoms with E-state index in [0.717, 1.165) is 43.6 Å². The topological polar surface area (TPSA) is 81.3 Å². The second-order valence-electron chi connectivity index (χ2n) is 6.77. The molecule has 134 valence electrons. The van der Waals surface area contributed by atoms with Crippen LogP contribution in [0.25, 0.3) is 0 Å². The molecule has 1 saturated heterocycles. The van der Waals surface area contributed by atoms with Gasteiger partial charge in [0.1, 0.15) is 0 Å². The van der Waals surface area contributed by atoms with Crippen LogP contribution in [0.4, 0.5) is 4.79 Å². The van der Waals surface area contributed by atoms with Crippen molar-refractivity contribution in [3.05, 3.63) is 17.0 Å². The molecule has 1 fully saturated rings. The summed E-state index contributed by atoms with van der Waals surface area (Å²) < 4.78 is 0. The lowest BCUT2D eigenvalue weighted by atomic mass is 9.97. The molecule has 2 heterocycles. The zero-order valence-corrected chi connectivity index (χ0v) is 15.2. The summed E-state index contributed by atoms with van der Waals surface area (Å²) in [5, 5.41) is 10.2. The van der Waals surface area contributed by atoms with Gasteiger partial charge in [0.2, 0.25) is 5.91 Å². The minimum atomic E-state index is -0.0972. The molecule has 2 rings (SSSR count). The Kier molecular flexibility index (Phi) is 6.23. The molecule has 0 bridgehead atoms. The Morgan fingerprint density at radius 2 is 2.12 bits per heavy atom. The van der Waals surface area contributed by atoms with E-state index in [2.05, 4.69) is 15.5 Å². The highest BCUT2D eigenvalue weighted by Gasteiger charge is 2.28. The summed E-state index contributed by atoms with van der Waals surface area (Å²) in [5.74, 6) is -0.0352. The Morgan fingerprint density at radius 3 is 2.75 bits per heavy atom. The maximum absolute atomic E-state index is 12.4. The highest BCUT2D eigenvalue weighted by molar-refractivity contribution is 5.80. The summed E-state index contributed by atoms with van der Waals surface area (Å²) in [6.45, 7) is 5.92. The molecule has 1 aromatic heterocycles. The quantitative estimate of drug-likeness (QED) is 0.800. The molecule has 0 spiro atoms. The minimum Gasteiger partial charge on any atom is -0.356 e. The maximum atomic E-state index is 12.4. The number of amides is 3. The summed E-state index contributed by atoms with van der Waals surface area (Å²) in [7, 11) is 3.48. The molecular formula is C17H29N5O2. The summed E-state index contributed by atoms with van der Waals surface area (Å²) in [4.78, 5) is 27.7. The Balaban J connectivity index is 1.75. The van der Waals surface area contributed by atoms with Gasteiger partial charge in [0, 0.05) is 39.4 Å². The molecule has 0 radical (unpaired) electrons. The first-order valence-electron chi connectivity index (χ1n) is 8.64. The van der Waals surface area contributed by atoms with Gasteiger partial charge in [-0.05, 0) is 45.1 Å². The van der Waals surface area contributed by atoms with Crippen LogP contribution in [0.1, 0.15) is 36.2 Å². The summed E-state index contributed by atoms with van der Waals surface area (Å²) in [6.07, 6.45) is 3.53. The van der Waals surface area contributed by atoms with Crippen LogP contribution in [-0.2, 0) is 11.2 Å². The lowest BCUT2D eigenvalue weighted by Gasteiger charge is -2.33. The number of carbonyl (C=O) groups excluding carboxylic acids is 2. The second kappa shape index (κ2) is 8.17. The predicted molar refractivity (Wildman–Crippen MR) is 92.8 cm³/mol. The first-order chi connectivity index (χ1) is 11.4. The molecule has 24 heavy (non-hydrogen) atoms. The lowest BCUT2D eigenvalue weighted by Crippen LogP contribution is -2.48. The van der Waals surface area contributed by atoms with Gasteiger partial charge in [-0.15, -0.1) is 0 Å². The van der Waals surface area contributed by atoms with Crippen LogP contribution in [0.3, 0.4) is 0 Å². The largest absolute Gasteiger partial charge is 0.356 e. The zero-order valence-electron chi connectivity index (χ0n) is 15.2. The molecule has 2 N–H and O–H groups in total. The number of aromatic nitrogens is 2. The van der Waals surface area contributed by atoms with Crippen molar-refractivity contribution in [3.8, 4) is 0 Å². The molecule has 0 aromatic carbocycles. The van der Waals surface area contributed by atoms with E-state index in [1.807, 2.05) is 13.8 Å². The summed E-state index contributed by atoms with van der Waals surface area (Å²) in [6, 6.07) is -0.0154. The van der Waals surface area contributed by atoms with Crippen molar-refractivity contribution in [2.24, 2.45) is 5.92 Å². The fourth-order valence-corrected chi connectivity index (χ4v) is 3.21. The van der Waals surface area contributed by atoms with E-state index in [1.54, 1.807) is 23.9 Å². The van der Waals surface area contributed by atoms with Crippen molar-refractivity contribution in [1.29, 1.82) is 0 Å².